The highest BCUT2D eigenvalue weighted by Crippen LogP contribution is 2.42. The van der Waals surface area contributed by atoms with Crippen LogP contribution in [0, 0.1) is 15.9 Å². The molecule has 2 aromatic rings. The molecule has 1 fully saturated rings. The zero-order chi connectivity index (χ0) is 19.3. The summed E-state index contributed by atoms with van der Waals surface area (Å²) in [5, 5.41) is 19.4. The number of hydrogen-bond donors (Lipinski definition) is 2. The minimum absolute atomic E-state index is 0.136. The van der Waals surface area contributed by atoms with Gasteiger partial charge in [0.15, 0.2) is 5.82 Å². The van der Waals surface area contributed by atoms with E-state index in [1.807, 2.05) is 0 Å². The molecule has 0 aliphatic carbocycles. The van der Waals surface area contributed by atoms with Gasteiger partial charge in [-0.05, 0) is 30.9 Å². The van der Waals surface area contributed by atoms with Crippen molar-refractivity contribution in [3.8, 4) is 0 Å². The lowest BCUT2D eigenvalue weighted by Gasteiger charge is -2.35. The predicted octanol–water partition coefficient (Wildman–Crippen LogP) is 2.76. The maximum absolute atomic E-state index is 14.2. The number of amides is 2. The van der Waals surface area contributed by atoms with Gasteiger partial charge < -0.3 is 10.2 Å². The monoisotopic (exact) mass is 393 g/mol. The van der Waals surface area contributed by atoms with Gasteiger partial charge in [-0.25, -0.2) is 14.3 Å². The Morgan fingerprint density at radius 2 is 2.19 bits per heavy atom. The summed E-state index contributed by atoms with van der Waals surface area (Å²) in [6.07, 6.45) is 1.89. The van der Waals surface area contributed by atoms with E-state index in [4.69, 9.17) is 11.6 Å². The molecule has 140 valence electrons. The fraction of sp³-hybridized carbons (Fsp3) is 0.312. The predicted molar refractivity (Wildman–Crippen MR) is 93.2 cm³/mol. The van der Waals surface area contributed by atoms with Crippen LogP contribution in [0.1, 0.15) is 30.1 Å². The molecule has 0 saturated carbocycles. The molecule has 1 aromatic carbocycles. The number of rotatable bonds is 2. The summed E-state index contributed by atoms with van der Waals surface area (Å²) >= 11 is 5.80. The van der Waals surface area contributed by atoms with Crippen LogP contribution in [-0.2, 0) is 6.42 Å². The molecule has 2 amide bonds. The van der Waals surface area contributed by atoms with Gasteiger partial charge in [-0.15, -0.1) is 0 Å². The molecule has 2 N–H and O–H groups in total. The first-order valence-corrected chi connectivity index (χ1v) is 8.54. The van der Waals surface area contributed by atoms with E-state index in [9.17, 15) is 24.1 Å². The van der Waals surface area contributed by atoms with Crippen molar-refractivity contribution >= 4 is 29.0 Å². The van der Waals surface area contributed by atoms with Crippen molar-refractivity contribution in [3.63, 3.8) is 0 Å². The standard InChI is InChI=1S/C16H13ClFN5O4/c17-9-5-11(10(18)6-13(9)23(26)27)19-16(25)22-8-1-2-12(22)15-7(3-8)4-14(24)20-21-15/h4-6,8,12H,1-3H2,(H,19,25)(H,20,24)/t8-,12+/m0/s1. The number of carbonyl (C=O) groups excluding carboxylic acids is 1. The normalized spacial score (nSPS) is 20.3. The summed E-state index contributed by atoms with van der Waals surface area (Å²) in [7, 11) is 0. The maximum Gasteiger partial charge on any atom is 0.322 e. The first-order chi connectivity index (χ1) is 12.8. The van der Waals surface area contributed by atoms with Gasteiger partial charge in [0, 0.05) is 12.1 Å². The van der Waals surface area contributed by atoms with Gasteiger partial charge in [0.2, 0.25) is 0 Å². The van der Waals surface area contributed by atoms with Gasteiger partial charge in [-0.2, -0.15) is 5.10 Å². The number of nitrogens with zero attached hydrogens (tertiary/aromatic N) is 3. The molecule has 1 aromatic heterocycles. The van der Waals surface area contributed by atoms with Crippen molar-refractivity contribution in [2.45, 2.75) is 31.3 Å². The SMILES string of the molecule is O=C(Nc1cc(Cl)c([N+](=O)[O-])cc1F)N1[C@H]2CC[C@@H]1c1n[nH]c(=O)cc1C2. The van der Waals surface area contributed by atoms with Gasteiger partial charge in [0.25, 0.3) is 11.2 Å². The van der Waals surface area contributed by atoms with E-state index >= 15 is 0 Å². The lowest BCUT2D eigenvalue weighted by atomic mass is 9.99. The fourth-order valence-corrected chi connectivity index (χ4v) is 4.00. The molecule has 27 heavy (non-hydrogen) atoms. The summed E-state index contributed by atoms with van der Waals surface area (Å²) in [6, 6.07) is 2.16. The molecule has 2 atom stereocenters. The second kappa shape index (κ2) is 6.31. The number of aromatic nitrogens is 2. The van der Waals surface area contributed by atoms with E-state index in [1.165, 1.54) is 6.07 Å². The molecular weight excluding hydrogens is 381 g/mol. The van der Waals surface area contributed by atoms with Crippen LogP contribution in [0.25, 0.3) is 0 Å². The van der Waals surface area contributed by atoms with E-state index in [0.29, 0.717) is 24.6 Å². The molecule has 11 heteroatoms. The molecule has 2 aliphatic rings. The molecule has 2 aliphatic heterocycles. The molecule has 3 heterocycles. The number of halogens is 2. The number of fused-ring (bicyclic) bond motifs is 4. The highest BCUT2D eigenvalue weighted by molar-refractivity contribution is 6.33. The van der Waals surface area contributed by atoms with Crippen molar-refractivity contribution in [3.05, 3.63) is 60.8 Å². The minimum atomic E-state index is -0.952. The van der Waals surface area contributed by atoms with Crippen LogP contribution in [0.3, 0.4) is 0 Å². The number of H-pyrrole nitrogens is 1. The Balaban J connectivity index is 1.61. The smallest absolute Gasteiger partial charge is 0.313 e. The van der Waals surface area contributed by atoms with E-state index < -0.39 is 22.5 Å². The summed E-state index contributed by atoms with van der Waals surface area (Å²) < 4.78 is 14.2. The number of benzene rings is 1. The number of aromatic amines is 1. The van der Waals surface area contributed by atoms with Gasteiger partial charge in [0.05, 0.1) is 28.4 Å². The van der Waals surface area contributed by atoms with Gasteiger partial charge in [-0.3, -0.25) is 14.9 Å². The van der Waals surface area contributed by atoms with E-state index in [2.05, 4.69) is 15.5 Å². The highest BCUT2D eigenvalue weighted by atomic mass is 35.5. The number of urea groups is 1. The van der Waals surface area contributed by atoms with Crippen molar-refractivity contribution in [2.75, 3.05) is 5.32 Å². The summed E-state index contributed by atoms with van der Waals surface area (Å²) in [6.45, 7) is 0. The average Bonchev–Trinajstić information content (AvgIpc) is 2.92. The van der Waals surface area contributed by atoms with Crippen molar-refractivity contribution < 1.29 is 14.1 Å². The number of carbonyl (C=O) groups is 1. The Labute approximate surface area is 156 Å². The summed E-state index contributed by atoms with van der Waals surface area (Å²) in [4.78, 5) is 35.8. The molecule has 0 radical (unpaired) electrons. The fourth-order valence-electron chi connectivity index (χ4n) is 3.77. The van der Waals surface area contributed by atoms with Gasteiger partial charge >= 0.3 is 6.03 Å². The third kappa shape index (κ3) is 2.91. The first kappa shape index (κ1) is 17.4. The second-order valence-corrected chi connectivity index (χ2v) is 6.88. The Bertz CT molecular complexity index is 1030. The molecule has 4 rings (SSSR count). The second-order valence-electron chi connectivity index (χ2n) is 6.47. The summed E-state index contributed by atoms with van der Waals surface area (Å²) in [5.41, 5.74) is 0.316. The Kier molecular flexibility index (Phi) is 4.06. The third-order valence-corrected chi connectivity index (χ3v) is 5.21. The largest absolute Gasteiger partial charge is 0.322 e. The molecule has 0 spiro atoms. The van der Waals surface area contributed by atoms with E-state index in [0.717, 1.165) is 18.1 Å². The number of nitro groups is 1. The first-order valence-electron chi connectivity index (χ1n) is 8.16. The van der Waals surface area contributed by atoms with E-state index in [1.54, 1.807) is 4.90 Å². The number of hydrogen-bond acceptors (Lipinski definition) is 5. The van der Waals surface area contributed by atoms with Crippen LogP contribution >= 0.6 is 11.6 Å². The van der Waals surface area contributed by atoms with Crippen molar-refractivity contribution in [1.29, 1.82) is 0 Å². The maximum atomic E-state index is 14.2. The van der Waals surface area contributed by atoms with Crippen molar-refractivity contribution in [1.82, 2.24) is 15.1 Å². The van der Waals surface area contributed by atoms with Crippen molar-refractivity contribution in [2.24, 2.45) is 0 Å². The number of nitro benzene ring substituents is 1. The Morgan fingerprint density at radius 3 is 2.93 bits per heavy atom. The van der Waals surface area contributed by atoms with Crippen LogP contribution in [-0.4, -0.2) is 32.1 Å². The topological polar surface area (TPSA) is 121 Å². The van der Waals surface area contributed by atoms with Crippen LogP contribution < -0.4 is 10.9 Å². The lowest BCUT2D eigenvalue weighted by molar-refractivity contribution is -0.384. The Hall–Kier alpha value is -3.01. The Morgan fingerprint density at radius 1 is 1.41 bits per heavy atom. The summed E-state index contributed by atoms with van der Waals surface area (Å²) in [5.74, 6) is -0.952. The number of anilines is 1. The zero-order valence-electron chi connectivity index (χ0n) is 13.7. The van der Waals surface area contributed by atoms with E-state index in [-0.39, 0.29) is 28.4 Å². The highest BCUT2D eigenvalue weighted by Gasteiger charge is 2.44. The molecule has 1 saturated heterocycles. The van der Waals surface area contributed by atoms with Crippen LogP contribution in [0.15, 0.2) is 23.0 Å². The van der Waals surface area contributed by atoms with Crippen LogP contribution in [0.4, 0.5) is 20.6 Å². The molecular formula is C16H13ClFN5O4. The van der Waals surface area contributed by atoms with Crippen LogP contribution in [0.2, 0.25) is 5.02 Å². The quantitative estimate of drug-likeness (QED) is 0.600. The van der Waals surface area contributed by atoms with Gasteiger partial charge in [0.1, 0.15) is 5.02 Å². The average molecular weight is 394 g/mol. The van der Waals surface area contributed by atoms with Crippen LogP contribution in [0.5, 0.6) is 0 Å². The lowest BCUT2D eigenvalue weighted by Crippen LogP contribution is -2.45. The molecule has 2 bridgehead atoms. The number of nitrogens with one attached hydrogen (secondary N) is 2. The molecule has 0 unspecified atom stereocenters. The van der Waals surface area contributed by atoms with Gasteiger partial charge in [-0.1, -0.05) is 11.6 Å². The zero-order valence-corrected chi connectivity index (χ0v) is 14.5. The minimum Gasteiger partial charge on any atom is -0.313 e. The third-order valence-electron chi connectivity index (χ3n) is 4.90. The molecule has 9 nitrogen and oxygen atoms in total.